The number of hydrogen-bond acceptors (Lipinski definition) is 13. The van der Waals surface area contributed by atoms with Crippen LogP contribution in [-0.2, 0) is 19.2 Å². The number of carbonyl (C=O) groups excluding carboxylic acids is 2. The zero-order chi connectivity index (χ0) is 25.4. The average molecular weight is 548 g/mol. The van der Waals surface area contributed by atoms with E-state index in [-0.39, 0.29) is 22.2 Å². The van der Waals surface area contributed by atoms with Gasteiger partial charge in [-0.1, -0.05) is 5.16 Å². The minimum Gasteiger partial charge on any atom is -0.477 e. The number of fused-ring (bicyclic) bond motifs is 2. The van der Waals surface area contributed by atoms with Crippen molar-refractivity contribution in [2.75, 3.05) is 24.3 Å². The number of carbonyl (C=O) groups is 3. The Hall–Kier alpha value is -3.70. The number of hydrogen-bond donors (Lipinski definition) is 3. The second kappa shape index (κ2) is 9.75. The second-order valence-electron chi connectivity index (χ2n) is 7.42. The topological polar surface area (TPSA) is 190 Å². The van der Waals surface area contributed by atoms with Crippen LogP contribution in [-0.4, -0.2) is 88.6 Å². The van der Waals surface area contributed by atoms with Crippen LogP contribution in [0.1, 0.15) is 5.69 Å². The zero-order valence-electron chi connectivity index (χ0n) is 18.4. The average Bonchev–Trinajstić information content (AvgIpc) is 3.51. The van der Waals surface area contributed by atoms with Crippen molar-refractivity contribution in [3.63, 3.8) is 0 Å². The van der Waals surface area contributed by atoms with Gasteiger partial charge in [0.1, 0.15) is 40.5 Å². The number of carboxylic acids is 1. The molecule has 0 saturated carbocycles. The van der Waals surface area contributed by atoms with Gasteiger partial charge in [-0.15, -0.1) is 49.7 Å². The van der Waals surface area contributed by atoms with Crippen molar-refractivity contribution in [2.24, 2.45) is 5.16 Å². The van der Waals surface area contributed by atoms with Gasteiger partial charge in [0.2, 0.25) is 0 Å². The molecule has 3 aromatic heterocycles. The first-order valence-electron chi connectivity index (χ1n) is 10.2. The first-order chi connectivity index (χ1) is 17.4. The van der Waals surface area contributed by atoms with Crippen LogP contribution < -0.4 is 11.1 Å². The summed E-state index contributed by atoms with van der Waals surface area (Å²) in [5.74, 6) is -1.75. The maximum absolute atomic E-state index is 13.0. The zero-order valence-corrected chi connectivity index (χ0v) is 20.8. The number of nitrogens with one attached hydrogen (secondary N) is 1. The number of rotatable bonds is 8. The lowest BCUT2D eigenvalue weighted by atomic mass is 10.0. The lowest BCUT2D eigenvalue weighted by Gasteiger charge is -2.49. The molecule has 4 N–H and O–H groups in total. The molecule has 1 saturated heterocycles. The third-order valence-corrected chi connectivity index (χ3v) is 8.26. The van der Waals surface area contributed by atoms with Crippen molar-refractivity contribution in [3.05, 3.63) is 40.7 Å². The molecule has 2 atom stereocenters. The number of thiazole rings is 1. The highest BCUT2D eigenvalue weighted by atomic mass is 32.2. The molecule has 0 spiro atoms. The molecule has 14 nitrogen and oxygen atoms in total. The van der Waals surface area contributed by atoms with Crippen LogP contribution in [0.5, 0.6) is 0 Å². The highest BCUT2D eigenvalue weighted by Gasteiger charge is 2.54. The van der Waals surface area contributed by atoms with E-state index < -0.39 is 29.2 Å². The van der Waals surface area contributed by atoms with Gasteiger partial charge >= 0.3 is 5.97 Å². The minimum absolute atomic E-state index is 0.0818. The van der Waals surface area contributed by atoms with Gasteiger partial charge in [-0.25, -0.2) is 9.78 Å². The van der Waals surface area contributed by atoms with Crippen molar-refractivity contribution in [2.45, 2.75) is 16.4 Å². The molecule has 5 rings (SSSR count). The Morgan fingerprint density at radius 3 is 2.97 bits per heavy atom. The number of thioether (sulfide) groups is 2. The number of β-lactam (4-membered cyclic amide) rings is 1. The van der Waals surface area contributed by atoms with E-state index in [1.807, 2.05) is 0 Å². The molecule has 0 radical (unpaired) electrons. The summed E-state index contributed by atoms with van der Waals surface area (Å²) >= 11 is 3.82. The molecule has 3 aromatic rings. The number of nitrogen functional groups attached to an aromatic ring is 1. The van der Waals surface area contributed by atoms with Crippen molar-refractivity contribution >= 4 is 69.0 Å². The van der Waals surface area contributed by atoms with Crippen molar-refractivity contribution < 1.29 is 24.3 Å². The Labute approximate surface area is 214 Å². The lowest BCUT2D eigenvalue weighted by Crippen LogP contribution is -2.71. The maximum atomic E-state index is 13.0. The number of carboxylic acid groups (broad SMARTS) is 1. The SMILES string of the molecule is CO/N=C(\C(=O)N[C@@H]1C(=O)N2C(C(=O)O)=C(CSc3ccc4cnnn4n3)CS[C@H]12)c1csc(N)n1. The van der Waals surface area contributed by atoms with Crippen LogP contribution in [0.25, 0.3) is 5.52 Å². The molecule has 2 amide bonds. The summed E-state index contributed by atoms with van der Waals surface area (Å²) in [6.07, 6.45) is 1.57. The van der Waals surface area contributed by atoms with Gasteiger partial charge < -0.3 is 21.0 Å². The van der Waals surface area contributed by atoms with Gasteiger partial charge in [0, 0.05) is 16.9 Å². The minimum atomic E-state index is -1.21. The molecule has 0 unspecified atom stereocenters. The molecular weight excluding hydrogens is 530 g/mol. The van der Waals surface area contributed by atoms with E-state index in [0.717, 1.165) is 16.9 Å². The fourth-order valence-corrected chi connectivity index (χ4v) is 6.53. The molecule has 0 bridgehead atoms. The van der Waals surface area contributed by atoms with E-state index in [1.165, 1.54) is 40.2 Å². The van der Waals surface area contributed by atoms with Crippen LogP contribution in [0, 0.1) is 0 Å². The fraction of sp³-hybridized carbons (Fsp3) is 0.263. The molecule has 5 heterocycles. The number of amides is 2. The second-order valence-corrected chi connectivity index (χ2v) is 10.4. The summed E-state index contributed by atoms with van der Waals surface area (Å²) in [6, 6.07) is 2.67. The normalized spacial score (nSPS) is 19.8. The first-order valence-corrected chi connectivity index (χ1v) is 13.1. The van der Waals surface area contributed by atoms with Crippen LogP contribution >= 0.6 is 34.9 Å². The molecule has 186 valence electrons. The molecular formula is C19H17N9O5S3. The molecule has 0 aliphatic carbocycles. The Kier molecular flexibility index (Phi) is 6.50. The predicted octanol–water partition coefficient (Wildman–Crippen LogP) is 0.0444. The van der Waals surface area contributed by atoms with Gasteiger partial charge in [0.25, 0.3) is 11.8 Å². The smallest absolute Gasteiger partial charge is 0.352 e. The number of nitrogens with two attached hydrogens (primary N) is 1. The largest absolute Gasteiger partial charge is 0.477 e. The summed E-state index contributed by atoms with van der Waals surface area (Å²) in [4.78, 5) is 47.9. The monoisotopic (exact) mass is 547 g/mol. The molecule has 2 aliphatic heterocycles. The number of nitrogens with zero attached hydrogens (tertiary/aromatic N) is 7. The van der Waals surface area contributed by atoms with E-state index in [0.29, 0.717) is 22.1 Å². The van der Waals surface area contributed by atoms with Crippen molar-refractivity contribution in [1.29, 1.82) is 0 Å². The highest BCUT2D eigenvalue weighted by molar-refractivity contribution is 8.01. The van der Waals surface area contributed by atoms with Gasteiger partial charge in [-0.2, -0.15) is 0 Å². The van der Waals surface area contributed by atoms with Crippen LogP contribution in [0.3, 0.4) is 0 Å². The van der Waals surface area contributed by atoms with Crippen LogP contribution in [0.15, 0.2) is 45.2 Å². The number of aromatic nitrogens is 5. The van der Waals surface area contributed by atoms with E-state index in [9.17, 15) is 19.5 Å². The van der Waals surface area contributed by atoms with E-state index in [1.54, 1.807) is 23.7 Å². The summed E-state index contributed by atoms with van der Waals surface area (Å²) in [7, 11) is 1.28. The lowest BCUT2D eigenvalue weighted by molar-refractivity contribution is -0.150. The molecule has 2 aliphatic rings. The standard InChI is InChI=1S/C19H17N9O5S3/c1-33-25-12(10-7-36-19(20)22-10)15(29)23-13-16(30)27-14(18(31)32)8(6-35-17(13)27)5-34-11-3-2-9-4-21-26-28(9)24-11/h2-4,7,13,17H,5-6H2,1H3,(H2,20,22)(H,23,29)(H,31,32)/b25-12-/t13-,17-/m1/s1. The quantitative estimate of drug-likeness (QED) is 0.149. The Bertz CT molecular complexity index is 1430. The Morgan fingerprint density at radius 2 is 2.25 bits per heavy atom. The van der Waals surface area contributed by atoms with E-state index in [4.69, 9.17) is 10.6 Å². The third-order valence-electron chi connectivity index (χ3n) is 5.24. The fourth-order valence-electron chi connectivity index (χ4n) is 3.64. The van der Waals surface area contributed by atoms with Crippen LogP contribution in [0.4, 0.5) is 5.13 Å². The predicted molar refractivity (Wildman–Crippen MR) is 131 cm³/mol. The van der Waals surface area contributed by atoms with Gasteiger partial charge in [-0.3, -0.25) is 14.5 Å². The highest BCUT2D eigenvalue weighted by Crippen LogP contribution is 2.41. The third kappa shape index (κ3) is 4.35. The summed E-state index contributed by atoms with van der Waals surface area (Å²) in [5, 5.41) is 30.0. The van der Waals surface area contributed by atoms with Crippen molar-refractivity contribution in [3.8, 4) is 0 Å². The molecule has 17 heteroatoms. The van der Waals surface area contributed by atoms with Crippen molar-refractivity contribution in [1.82, 2.24) is 35.2 Å². The molecule has 0 aromatic carbocycles. The van der Waals surface area contributed by atoms with Crippen LogP contribution in [0.2, 0.25) is 0 Å². The summed E-state index contributed by atoms with van der Waals surface area (Å²) in [6.45, 7) is 0. The Morgan fingerprint density at radius 1 is 1.42 bits per heavy atom. The summed E-state index contributed by atoms with van der Waals surface area (Å²) < 4.78 is 1.38. The molecule has 1 fully saturated rings. The number of oxime groups is 1. The summed E-state index contributed by atoms with van der Waals surface area (Å²) in [5.41, 5.74) is 6.94. The van der Waals surface area contributed by atoms with Gasteiger partial charge in [-0.05, 0) is 22.9 Å². The van der Waals surface area contributed by atoms with E-state index >= 15 is 0 Å². The Balaban J connectivity index is 1.30. The van der Waals surface area contributed by atoms with E-state index in [2.05, 4.69) is 30.9 Å². The number of anilines is 1. The maximum Gasteiger partial charge on any atom is 0.352 e. The van der Waals surface area contributed by atoms with Gasteiger partial charge in [0.15, 0.2) is 10.8 Å². The number of aliphatic carboxylic acids is 1. The van der Waals surface area contributed by atoms with Gasteiger partial charge in [0.05, 0.1) is 6.20 Å². The first kappa shape index (κ1) is 24.0. The molecule has 36 heavy (non-hydrogen) atoms.